The fraction of sp³-hybridized carbons (Fsp3) is 0.571. The van der Waals surface area contributed by atoms with Crippen LogP contribution in [0.25, 0.3) is 0 Å². The number of nitrogens with one attached hydrogen (secondary N) is 1. The molecule has 0 saturated carbocycles. The minimum atomic E-state index is 0.491. The lowest BCUT2D eigenvalue weighted by Crippen LogP contribution is -2.15. The van der Waals surface area contributed by atoms with Gasteiger partial charge in [0.15, 0.2) is 0 Å². The van der Waals surface area contributed by atoms with E-state index in [9.17, 15) is 0 Å². The summed E-state index contributed by atoms with van der Waals surface area (Å²) in [5, 5.41) is 4.33. The van der Waals surface area contributed by atoms with Gasteiger partial charge in [0.1, 0.15) is 0 Å². The van der Waals surface area contributed by atoms with Crippen molar-refractivity contribution in [1.29, 1.82) is 0 Å². The second-order valence-electron chi connectivity index (χ2n) is 4.47. The predicted molar refractivity (Wildman–Crippen MR) is 73.4 cm³/mol. The van der Waals surface area contributed by atoms with Gasteiger partial charge in [0.2, 0.25) is 0 Å². The van der Waals surface area contributed by atoms with Crippen molar-refractivity contribution in [2.45, 2.75) is 52.5 Å². The van der Waals surface area contributed by atoms with E-state index in [1.54, 1.807) is 0 Å². The number of halogens is 1. The fourth-order valence-corrected chi connectivity index (χ4v) is 2.11. The van der Waals surface area contributed by atoms with Gasteiger partial charge in [0.05, 0.1) is 10.7 Å². The minimum Gasteiger partial charge on any atom is -0.381 e. The van der Waals surface area contributed by atoms with Crippen LogP contribution < -0.4 is 5.32 Å². The molecule has 1 unspecified atom stereocenters. The number of unbranched alkanes of at least 4 members (excludes halogenated alkanes) is 2. The Morgan fingerprint density at radius 1 is 1.31 bits per heavy atom. The summed E-state index contributed by atoms with van der Waals surface area (Å²) in [6.07, 6.45) is 5.08. The minimum absolute atomic E-state index is 0.491. The van der Waals surface area contributed by atoms with Crippen LogP contribution >= 0.6 is 11.6 Å². The molecule has 0 aliphatic carbocycles. The zero-order valence-electron chi connectivity index (χ0n) is 10.5. The Hall–Kier alpha value is -0.690. The number of rotatable bonds is 6. The summed E-state index contributed by atoms with van der Waals surface area (Å²) in [7, 11) is 0. The summed E-state index contributed by atoms with van der Waals surface area (Å²) >= 11 is 6.17. The van der Waals surface area contributed by atoms with Gasteiger partial charge in [-0.25, -0.2) is 0 Å². The van der Waals surface area contributed by atoms with Crippen molar-refractivity contribution in [1.82, 2.24) is 0 Å². The van der Waals surface area contributed by atoms with Crippen LogP contribution in [0.3, 0.4) is 0 Å². The number of hydrogen-bond donors (Lipinski definition) is 1. The number of hydrogen-bond acceptors (Lipinski definition) is 1. The summed E-state index contributed by atoms with van der Waals surface area (Å²) in [4.78, 5) is 0. The van der Waals surface area contributed by atoms with Crippen LogP contribution in [0, 0.1) is 6.92 Å². The third-order valence-electron chi connectivity index (χ3n) is 2.85. The Kier molecular flexibility index (Phi) is 5.68. The standard InChI is InChI=1S/C14H22ClN/c1-4-5-6-9-12(3)16-14-11(2)8-7-10-13(14)15/h7-8,10,12,16H,4-6,9H2,1-3H3. The Morgan fingerprint density at radius 3 is 2.69 bits per heavy atom. The fourth-order valence-electron chi connectivity index (χ4n) is 1.83. The van der Waals surface area contributed by atoms with Gasteiger partial charge < -0.3 is 5.32 Å². The molecule has 0 aliphatic heterocycles. The maximum Gasteiger partial charge on any atom is 0.0640 e. The second kappa shape index (κ2) is 6.80. The lowest BCUT2D eigenvalue weighted by atomic mass is 10.1. The first-order chi connectivity index (χ1) is 7.65. The van der Waals surface area contributed by atoms with E-state index >= 15 is 0 Å². The van der Waals surface area contributed by atoms with Gasteiger partial charge in [-0.05, 0) is 31.9 Å². The van der Waals surface area contributed by atoms with Gasteiger partial charge in [0.25, 0.3) is 0 Å². The molecule has 0 fully saturated rings. The molecular formula is C14H22ClN. The normalized spacial score (nSPS) is 12.5. The van der Waals surface area contributed by atoms with Gasteiger partial charge in [-0.2, -0.15) is 0 Å². The van der Waals surface area contributed by atoms with E-state index in [0.717, 1.165) is 10.7 Å². The second-order valence-corrected chi connectivity index (χ2v) is 4.88. The number of anilines is 1. The van der Waals surface area contributed by atoms with E-state index in [1.807, 2.05) is 12.1 Å². The molecule has 90 valence electrons. The van der Waals surface area contributed by atoms with E-state index in [4.69, 9.17) is 11.6 Å². The zero-order valence-corrected chi connectivity index (χ0v) is 11.3. The van der Waals surface area contributed by atoms with Crippen molar-refractivity contribution < 1.29 is 0 Å². The van der Waals surface area contributed by atoms with Crippen LogP contribution in [0.5, 0.6) is 0 Å². The molecule has 1 atom stereocenters. The number of benzene rings is 1. The molecule has 0 aliphatic rings. The lowest BCUT2D eigenvalue weighted by molar-refractivity contribution is 0.615. The third-order valence-corrected chi connectivity index (χ3v) is 3.17. The van der Waals surface area contributed by atoms with Gasteiger partial charge in [-0.3, -0.25) is 0 Å². The first-order valence-electron chi connectivity index (χ1n) is 6.16. The maximum absolute atomic E-state index is 6.17. The van der Waals surface area contributed by atoms with Crippen LogP contribution in [-0.2, 0) is 0 Å². The van der Waals surface area contributed by atoms with Crippen LogP contribution in [0.1, 0.15) is 45.1 Å². The highest BCUT2D eigenvalue weighted by Gasteiger charge is 2.07. The molecule has 1 aromatic carbocycles. The molecule has 16 heavy (non-hydrogen) atoms. The molecule has 0 aromatic heterocycles. The molecule has 1 N–H and O–H groups in total. The molecular weight excluding hydrogens is 218 g/mol. The predicted octanol–water partition coefficient (Wildman–Crippen LogP) is 5.03. The Morgan fingerprint density at radius 2 is 2.06 bits per heavy atom. The van der Waals surface area contributed by atoms with Crippen molar-refractivity contribution in [2.75, 3.05) is 5.32 Å². The summed E-state index contributed by atoms with van der Waals surface area (Å²) in [5.74, 6) is 0. The molecule has 1 aromatic rings. The molecule has 0 spiro atoms. The van der Waals surface area contributed by atoms with Gasteiger partial charge in [0, 0.05) is 6.04 Å². The molecule has 0 saturated heterocycles. The summed E-state index contributed by atoms with van der Waals surface area (Å²) < 4.78 is 0. The molecule has 0 heterocycles. The summed E-state index contributed by atoms with van der Waals surface area (Å²) in [5.41, 5.74) is 2.31. The van der Waals surface area contributed by atoms with E-state index in [1.165, 1.54) is 31.2 Å². The Labute approximate surface area is 104 Å². The van der Waals surface area contributed by atoms with Crippen LogP contribution in [0.2, 0.25) is 5.02 Å². The van der Waals surface area contributed by atoms with Crippen LogP contribution in [-0.4, -0.2) is 6.04 Å². The van der Waals surface area contributed by atoms with Crippen molar-refractivity contribution in [3.05, 3.63) is 28.8 Å². The summed E-state index contributed by atoms with van der Waals surface area (Å²) in [6.45, 7) is 6.54. The molecule has 0 radical (unpaired) electrons. The van der Waals surface area contributed by atoms with Gasteiger partial charge >= 0.3 is 0 Å². The molecule has 1 nitrogen and oxygen atoms in total. The number of para-hydroxylation sites is 1. The van der Waals surface area contributed by atoms with E-state index < -0.39 is 0 Å². The molecule has 0 bridgehead atoms. The molecule has 0 amide bonds. The molecule has 2 heteroatoms. The highest BCUT2D eigenvalue weighted by Crippen LogP contribution is 2.26. The monoisotopic (exact) mass is 239 g/mol. The first kappa shape index (κ1) is 13.4. The van der Waals surface area contributed by atoms with Crippen molar-refractivity contribution in [3.8, 4) is 0 Å². The van der Waals surface area contributed by atoms with E-state index in [-0.39, 0.29) is 0 Å². The Bertz CT molecular complexity index is 302. The quantitative estimate of drug-likeness (QED) is 0.687. The van der Waals surface area contributed by atoms with Gasteiger partial charge in [-0.1, -0.05) is 49.9 Å². The lowest BCUT2D eigenvalue weighted by Gasteiger charge is -2.18. The first-order valence-corrected chi connectivity index (χ1v) is 6.54. The Balaban J connectivity index is 2.52. The van der Waals surface area contributed by atoms with E-state index in [0.29, 0.717) is 6.04 Å². The third kappa shape index (κ3) is 4.05. The average molecular weight is 240 g/mol. The van der Waals surface area contributed by atoms with E-state index in [2.05, 4.69) is 32.2 Å². The van der Waals surface area contributed by atoms with Crippen LogP contribution in [0.15, 0.2) is 18.2 Å². The average Bonchev–Trinajstić information content (AvgIpc) is 2.24. The highest BCUT2D eigenvalue weighted by atomic mass is 35.5. The zero-order chi connectivity index (χ0) is 12.0. The molecule has 1 rings (SSSR count). The maximum atomic E-state index is 6.17. The largest absolute Gasteiger partial charge is 0.381 e. The van der Waals surface area contributed by atoms with Crippen LogP contribution in [0.4, 0.5) is 5.69 Å². The van der Waals surface area contributed by atoms with Gasteiger partial charge in [-0.15, -0.1) is 0 Å². The highest BCUT2D eigenvalue weighted by molar-refractivity contribution is 6.33. The number of aryl methyl sites for hydroxylation is 1. The van der Waals surface area contributed by atoms with Crippen molar-refractivity contribution in [2.24, 2.45) is 0 Å². The van der Waals surface area contributed by atoms with Crippen molar-refractivity contribution in [3.63, 3.8) is 0 Å². The smallest absolute Gasteiger partial charge is 0.0640 e. The topological polar surface area (TPSA) is 12.0 Å². The SMILES string of the molecule is CCCCCC(C)Nc1c(C)cccc1Cl. The van der Waals surface area contributed by atoms with Crippen molar-refractivity contribution >= 4 is 17.3 Å². The summed E-state index contributed by atoms with van der Waals surface area (Å²) in [6, 6.07) is 6.51.